The second kappa shape index (κ2) is 10.3. The van der Waals surface area contributed by atoms with Gasteiger partial charge in [0.2, 0.25) is 11.5 Å². The first kappa shape index (κ1) is 20.5. The van der Waals surface area contributed by atoms with Gasteiger partial charge in [0, 0.05) is 0 Å². The molecule has 125 valence electrons. The Balaban J connectivity index is 0.000000403. The summed E-state index contributed by atoms with van der Waals surface area (Å²) in [5.41, 5.74) is 0.925. The van der Waals surface area contributed by atoms with Crippen molar-refractivity contribution in [2.75, 3.05) is 14.2 Å². The predicted molar refractivity (Wildman–Crippen MR) is 86.3 cm³/mol. The van der Waals surface area contributed by atoms with Crippen molar-refractivity contribution < 1.29 is 46.3 Å². The third kappa shape index (κ3) is 5.32. The van der Waals surface area contributed by atoms with Crippen molar-refractivity contribution in [1.29, 1.82) is 0 Å². The molecule has 6 N–H and O–H groups in total. The molecular weight excluding hydrogens is 352 g/mol. The zero-order valence-corrected chi connectivity index (χ0v) is 13.6. The molecule has 0 atom stereocenters. The standard InChI is InChI=1S/2C8H8O3.Cu/c2*1-11-7-4-2-3-6(5-9)8(7)10;/h2*2-5,10H,1H3;/q;;+2/p+4. The number of benzene rings is 2. The van der Waals surface area contributed by atoms with Crippen LogP contribution < -0.4 is 9.47 Å². The van der Waals surface area contributed by atoms with Crippen LogP contribution in [0.3, 0.4) is 0 Å². The van der Waals surface area contributed by atoms with Crippen molar-refractivity contribution >= 4 is 12.6 Å². The second-order valence-electron chi connectivity index (χ2n) is 4.11. The van der Waals surface area contributed by atoms with Crippen LogP contribution in [0, 0.1) is 0 Å². The van der Waals surface area contributed by atoms with Crippen molar-refractivity contribution in [2.45, 2.75) is 0 Å². The second-order valence-corrected chi connectivity index (χ2v) is 4.11. The first-order valence-corrected chi connectivity index (χ1v) is 6.31. The fraction of sp³-hybridized carbons (Fsp3) is 0.125. The summed E-state index contributed by atoms with van der Waals surface area (Å²) in [6.07, 6.45) is 1.79. The molecule has 23 heavy (non-hydrogen) atoms. The Morgan fingerprint density at radius 2 is 1.13 bits per heavy atom. The topological polar surface area (TPSA) is 107 Å². The molecule has 0 amide bonds. The van der Waals surface area contributed by atoms with Gasteiger partial charge in [0.1, 0.15) is 0 Å². The molecule has 7 heteroatoms. The average molecular weight is 372 g/mol. The number of methoxy groups -OCH3 is 2. The van der Waals surface area contributed by atoms with E-state index in [4.69, 9.17) is 29.3 Å². The van der Waals surface area contributed by atoms with E-state index in [2.05, 4.69) is 0 Å². The summed E-state index contributed by atoms with van der Waals surface area (Å²) in [4.78, 5) is 17.3. The van der Waals surface area contributed by atoms with E-state index in [1.807, 2.05) is 0 Å². The van der Waals surface area contributed by atoms with Crippen LogP contribution in [-0.4, -0.2) is 46.6 Å². The Kier molecular flexibility index (Phi) is 9.15. The maximum absolute atomic E-state index is 8.64. The van der Waals surface area contributed by atoms with Crippen LogP contribution in [0.15, 0.2) is 36.4 Å². The first-order chi connectivity index (χ1) is 10.6. The van der Waals surface area contributed by atoms with Crippen molar-refractivity contribution in [2.24, 2.45) is 0 Å². The van der Waals surface area contributed by atoms with Gasteiger partial charge in [0.05, 0.1) is 14.2 Å². The molecule has 0 saturated heterocycles. The number of carbonyl (C=O) groups excluding carboxylic acids is 2. The van der Waals surface area contributed by atoms with E-state index in [1.165, 1.54) is 14.2 Å². The number of rotatable bonds is 4. The third-order valence-corrected chi connectivity index (χ3v) is 2.83. The van der Waals surface area contributed by atoms with Crippen LogP contribution in [0.2, 0.25) is 0 Å². The molecule has 2 aromatic rings. The molecule has 0 aromatic heterocycles. The summed E-state index contributed by atoms with van der Waals surface area (Å²) in [5, 5.41) is 14.9. The fourth-order valence-corrected chi connectivity index (χ4v) is 1.65. The van der Waals surface area contributed by atoms with Gasteiger partial charge < -0.3 is 19.7 Å². The molecule has 2 rings (SSSR count). The van der Waals surface area contributed by atoms with Crippen LogP contribution in [-0.2, 0) is 17.1 Å². The molecule has 0 aliphatic carbocycles. The molecule has 0 spiro atoms. The van der Waals surface area contributed by atoms with Crippen molar-refractivity contribution in [3.05, 3.63) is 47.5 Å². The van der Waals surface area contributed by atoms with E-state index in [0.717, 1.165) is 12.6 Å². The van der Waals surface area contributed by atoms with E-state index < -0.39 is 0 Å². The molecular formula is C16H20CuO6+6. The van der Waals surface area contributed by atoms with Gasteiger partial charge >= 0.3 is 41.1 Å². The fourth-order valence-electron chi connectivity index (χ4n) is 1.65. The Morgan fingerprint density at radius 3 is 1.39 bits per heavy atom. The summed E-state index contributed by atoms with van der Waals surface area (Å²) < 4.78 is 9.74. The van der Waals surface area contributed by atoms with Gasteiger partial charge in [-0.25, -0.2) is 0 Å². The summed E-state index contributed by atoms with van der Waals surface area (Å²) in [6, 6.07) is 10.1. The van der Waals surface area contributed by atoms with Gasteiger partial charge in [-0.05, 0) is 24.3 Å². The SMILES string of the molecule is COc1cccc(C=[OH+])c1[OH2+].COc1cccc(C=[OH+])c1[OH2+].[Cu+2]. The Labute approximate surface area is 144 Å². The molecule has 0 aliphatic rings. The zero-order valence-electron chi connectivity index (χ0n) is 12.6. The summed E-state index contributed by atoms with van der Waals surface area (Å²) in [5.74, 6) is 1.34. The Bertz CT molecular complexity index is 600. The third-order valence-electron chi connectivity index (χ3n) is 2.83. The van der Waals surface area contributed by atoms with Gasteiger partial charge in [0.25, 0.3) is 0 Å². The van der Waals surface area contributed by atoms with Gasteiger partial charge in [0.15, 0.2) is 11.1 Å². The van der Waals surface area contributed by atoms with Crippen LogP contribution in [0.5, 0.6) is 23.0 Å². The molecule has 6 nitrogen and oxygen atoms in total. The minimum atomic E-state index is 0. The molecule has 0 fully saturated rings. The van der Waals surface area contributed by atoms with Crippen LogP contribution in [0.1, 0.15) is 11.1 Å². The maximum atomic E-state index is 8.64. The maximum Gasteiger partial charge on any atom is 2.00 e. The van der Waals surface area contributed by atoms with E-state index in [9.17, 15) is 0 Å². The number of aldehydes is 2. The van der Waals surface area contributed by atoms with Gasteiger partial charge in [-0.15, -0.1) is 0 Å². The molecule has 2 aromatic carbocycles. The summed E-state index contributed by atoms with van der Waals surface area (Å²) in [6.45, 7) is 0. The molecule has 0 saturated carbocycles. The molecule has 1 radical (unpaired) electrons. The van der Waals surface area contributed by atoms with Gasteiger partial charge in [-0.3, -0.25) is 9.59 Å². The minimum Gasteiger partial charge on any atom is -0.590 e. The van der Waals surface area contributed by atoms with Gasteiger partial charge in [-0.2, -0.15) is 0 Å². The monoisotopic (exact) mass is 371 g/mol. The van der Waals surface area contributed by atoms with E-state index in [1.54, 1.807) is 36.4 Å². The first-order valence-electron chi connectivity index (χ1n) is 6.31. The number of hydrogen-bond acceptors (Lipinski definition) is 2. The smallest absolute Gasteiger partial charge is 0.590 e. The average Bonchev–Trinajstić information content (AvgIpc) is 2.56. The molecule has 0 heterocycles. The molecule has 0 bridgehead atoms. The van der Waals surface area contributed by atoms with Crippen LogP contribution >= 0.6 is 0 Å². The molecule has 0 aliphatic heterocycles. The van der Waals surface area contributed by atoms with Crippen LogP contribution in [0.4, 0.5) is 0 Å². The normalized spacial score (nSPS) is 8.78. The van der Waals surface area contributed by atoms with E-state index in [0.29, 0.717) is 22.6 Å². The largest absolute Gasteiger partial charge is 2.00 e. The summed E-state index contributed by atoms with van der Waals surface area (Å²) in [7, 11) is 2.99. The Morgan fingerprint density at radius 1 is 0.783 bits per heavy atom. The quantitative estimate of drug-likeness (QED) is 0.459. The number of ether oxygens (including phenoxy) is 2. The molecule has 0 unspecified atom stereocenters. The van der Waals surface area contributed by atoms with Crippen molar-refractivity contribution in [3.8, 4) is 23.0 Å². The predicted octanol–water partition coefficient (Wildman–Crippen LogP) is 1.31. The summed E-state index contributed by atoms with van der Waals surface area (Å²) >= 11 is 0. The van der Waals surface area contributed by atoms with E-state index >= 15 is 0 Å². The van der Waals surface area contributed by atoms with Gasteiger partial charge in [-0.1, -0.05) is 12.1 Å². The van der Waals surface area contributed by atoms with Crippen molar-refractivity contribution in [1.82, 2.24) is 0 Å². The minimum absolute atomic E-state index is 0. The van der Waals surface area contributed by atoms with E-state index in [-0.39, 0.29) is 28.6 Å². The zero-order chi connectivity index (χ0) is 16.5. The van der Waals surface area contributed by atoms with Crippen LogP contribution in [0.25, 0.3) is 0 Å². The number of para-hydroxylation sites is 2. The number of hydrogen-bond donors (Lipinski definition) is 0. The van der Waals surface area contributed by atoms with Crippen molar-refractivity contribution in [3.63, 3.8) is 0 Å². The Hall–Kier alpha value is -2.50.